The zero-order valence-electron chi connectivity index (χ0n) is 11.3. The van der Waals surface area contributed by atoms with Crippen molar-refractivity contribution in [3.63, 3.8) is 0 Å². The molecule has 0 saturated carbocycles. The van der Waals surface area contributed by atoms with Gasteiger partial charge in [0.05, 0.1) is 13.2 Å². The number of aliphatic hydroxyl groups excluding tert-OH is 1. The molecular weight excluding hydrogens is 234 g/mol. The molecule has 0 aliphatic heterocycles. The van der Waals surface area contributed by atoms with Crippen LogP contribution in [0.5, 0.6) is 6.01 Å². The second-order valence-electron chi connectivity index (χ2n) is 4.10. The maximum Gasteiger partial charge on any atom is 0.322 e. The number of hydrogen-bond acceptors (Lipinski definition) is 7. The summed E-state index contributed by atoms with van der Waals surface area (Å²) in [6.45, 7) is 5.00. The van der Waals surface area contributed by atoms with Gasteiger partial charge in [0.2, 0.25) is 11.9 Å². The monoisotopic (exact) mass is 255 g/mol. The normalized spacial score (nSPS) is 12.1. The minimum absolute atomic E-state index is 0.260. The second-order valence-corrected chi connectivity index (χ2v) is 4.10. The lowest BCUT2D eigenvalue weighted by molar-refractivity contribution is 0.201. The van der Waals surface area contributed by atoms with E-state index in [1.165, 1.54) is 7.11 Å². The van der Waals surface area contributed by atoms with E-state index >= 15 is 0 Å². The van der Waals surface area contributed by atoms with E-state index in [0.717, 1.165) is 13.0 Å². The summed E-state index contributed by atoms with van der Waals surface area (Å²) in [7, 11) is 3.32. The topological polar surface area (TPSA) is 83.4 Å². The molecule has 1 heterocycles. The molecule has 0 aliphatic rings. The predicted octanol–water partition coefficient (Wildman–Crippen LogP) is 0.519. The molecule has 0 bridgehead atoms. The van der Waals surface area contributed by atoms with Crippen molar-refractivity contribution in [1.82, 2.24) is 15.0 Å². The van der Waals surface area contributed by atoms with Crippen molar-refractivity contribution in [1.29, 1.82) is 0 Å². The molecule has 0 aromatic carbocycles. The maximum atomic E-state index is 9.36. The van der Waals surface area contributed by atoms with Gasteiger partial charge in [-0.1, -0.05) is 6.92 Å². The average molecular weight is 255 g/mol. The molecule has 18 heavy (non-hydrogen) atoms. The SMILES string of the molecule is CCCNc1nc(OC)nc(N(C)CC(C)O)n1. The predicted molar refractivity (Wildman–Crippen MR) is 70.1 cm³/mol. The lowest BCUT2D eigenvalue weighted by atomic mass is 10.4. The minimum atomic E-state index is -0.454. The van der Waals surface area contributed by atoms with Crippen LogP contribution < -0.4 is 15.0 Å². The van der Waals surface area contributed by atoms with Crippen LogP contribution in [-0.2, 0) is 0 Å². The Kier molecular flexibility index (Phi) is 5.57. The summed E-state index contributed by atoms with van der Waals surface area (Å²) >= 11 is 0. The first kappa shape index (κ1) is 14.4. The Hall–Kier alpha value is -1.63. The van der Waals surface area contributed by atoms with Crippen molar-refractivity contribution in [3.05, 3.63) is 0 Å². The second kappa shape index (κ2) is 6.95. The lowest BCUT2D eigenvalue weighted by Crippen LogP contribution is -2.29. The van der Waals surface area contributed by atoms with Crippen molar-refractivity contribution in [2.45, 2.75) is 26.4 Å². The molecule has 7 nitrogen and oxygen atoms in total. The molecule has 102 valence electrons. The highest BCUT2D eigenvalue weighted by Crippen LogP contribution is 2.13. The van der Waals surface area contributed by atoms with Gasteiger partial charge < -0.3 is 20.1 Å². The highest BCUT2D eigenvalue weighted by atomic mass is 16.5. The summed E-state index contributed by atoms with van der Waals surface area (Å²) in [5.74, 6) is 0.956. The zero-order chi connectivity index (χ0) is 13.5. The summed E-state index contributed by atoms with van der Waals surface area (Å²) in [5, 5.41) is 12.4. The van der Waals surface area contributed by atoms with E-state index in [2.05, 4.69) is 27.2 Å². The first-order valence-electron chi connectivity index (χ1n) is 6.00. The Morgan fingerprint density at radius 3 is 2.67 bits per heavy atom. The molecule has 1 atom stereocenters. The standard InChI is InChI=1S/C11H21N5O2/c1-5-6-12-9-13-10(15-11(14-9)18-4)16(3)7-8(2)17/h8,17H,5-7H2,1-4H3,(H,12,13,14,15). The molecule has 0 radical (unpaired) electrons. The Morgan fingerprint density at radius 2 is 2.11 bits per heavy atom. The number of hydrogen-bond donors (Lipinski definition) is 2. The van der Waals surface area contributed by atoms with Crippen LogP contribution in [-0.4, -0.2) is 53.4 Å². The van der Waals surface area contributed by atoms with Gasteiger partial charge in [0.25, 0.3) is 0 Å². The molecule has 0 spiro atoms. The first-order valence-corrected chi connectivity index (χ1v) is 6.00. The third-order valence-corrected chi connectivity index (χ3v) is 2.20. The number of nitrogens with one attached hydrogen (secondary N) is 1. The summed E-state index contributed by atoms with van der Waals surface area (Å²) in [5.41, 5.74) is 0. The van der Waals surface area contributed by atoms with Gasteiger partial charge in [-0.05, 0) is 13.3 Å². The number of aliphatic hydroxyl groups is 1. The van der Waals surface area contributed by atoms with Gasteiger partial charge in [-0.3, -0.25) is 0 Å². The maximum absolute atomic E-state index is 9.36. The van der Waals surface area contributed by atoms with Crippen molar-refractivity contribution < 1.29 is 9.84 Å². The molecule has 1 unspecified atom stereocenters. The van der Waals surface area contributed by atoms with E-state index in [9.17, 15) is 5.11 Å². The summed E-state index contributed by atoms with van der Waals surface area (Å²) in [6, 6.07) is 0.260. The molecular formula is C11H21N5O2. The van der Waals surface area contributed by atoms with Crippen molar-refractivity contribution in [3.8, 4) is 6.01 Å². The van der Waals surface area contributed by atoms with Crippen LogP contribution >= 0.6 is 0 Å². The number of methoxy groups -OCH3 is 1. The van der Waals surface area contributed by atoms with E-state index < -0.39 is 6.10 Å². The fourth-order valence-electron chi connectivity index (χ4n) is 1.40. The van der Waals surface area contributed by atoms with Crippen LogP contribution in [0.25, 0.3) is 0 Å². The van der Waals surface area contributed by atoms with E-state index in [4.69, 9.17) is 4.74 Å². The molecule has 2 N–H and O–H groups in total. The molecule has 7 heteroatoms. The fourth-order valence-corrected chi connectivity index (χ4v) is 1.40. The average Bonchev–Trinajstić information content (AvgIpc) is 2.35. The number of rotatable bonds is 7. The Balaban J connectivity index is 2.88. The van der Waals surface area contributed by atoms with Crippen LogP contribution in [0.3, 0.4) is 0 Å². The third-order valence-electron chi connectivity index (χ3n) is 2.20. The van der Waals surface area contributed by atoms with Gasteiger partial charge in [-0.15, -0.1) is 0 Å². The minimum Gasteiger partial charge on any atom is -0.467 e. The third kappa shape index (κ3) is 4.33. The molecule has 0 saturated heterocycles. The quantitative estimate of drug-likeness (QED) is 0.734. The van der Waals surface area contributed by atoms with Gasteiger partial charge in [0.1, 0.15) is 0 Å². The largest absolute Gasteiger partial charge is 0.467 e. The molecule has 1 aromatic heterocycles. The van der Waals surface area contributed by atoms with Gasteiger partial charge in [0, 0.05) is 20.1 Å². The van der Waals surface area contributed by atoms with E-state index in [1.807, 2.05) is 7.05 Å². The highest BCUT2D eigenvalue weighted by molar-refractivity contribution is 5.37. The van der Waals surface area contributed by atoms with Gasteiger partial charge in [0.15, 0.2) is 0 Å². The zero-order valence-corrected chi connectivity index (χ0v) is 11.3. The Bertz CT molecular complexity index is 372. The van der Waals surface area contributed by atoms with E-state index in [0.29, 0.717) is 18.4 Å². The van der Waals surface area contributed by atoms with Crippen molar-refractivity contribution in [2.75, 3.05) is 37.5 Å². The van der Waals surface area contributed by atoms with E-state index in [-0.39, 0.29) is 6.01 Å². The number of nitrogens with zero attached hydrogens (tertiary/aromatic N) is 4. The van der Waals surface area contributed by atoms with E-state index in [1.54, 1.807) is 11.8 Å². The number of aromatic nitrogens is 3. The molecule has 0 amide bonds. The van der Waals surface area contributed by atoms with Gasteiger partial charge in [-0.25, -0.2) is 0 Å². The van der Waals surface area contributed by atoms with Crippen molar-refractivity contribution >= 4 is 11.9 Å². The Morgan fingerprint density at radius 1 is 1.39 bits per heavy atom. The van der Waals surface area contributed by atoms with Crippen LogP contribution in [0, 0.1) is 0 Å². The summed E-state index contributed by atoms with van der Waals surface area (Å²) < 4.78 is 5.04. The molecule has 0 fully saturated rings. The van der Waals surface area contributed by atoms with Crippen LogP contribution in [0.1, 0.15) is 20.3 Å². The first-order chi connectivity index (χ1) is 8.56. The molecule has 0 aliphatic carbocycles. The molecule has 1 rings (SSSR count). The highest BCUT2D eigenvalue weighted by Gasteiger charge is 2.12. The summed E-state index contributed by atoms with van der Waals surface area (Å²) in [4.78, 5) is 14.3. The van der Waals surface area contributed by atoms with Crippen molar-refractivity contribution in [2.24, 2.45) is 0 Å². The number of ether oxygens (including phenoxy) is 1. The fraction of sp³-hybridized carbons (Fsp3) is 0.727. The summed E-state index contributed by atoms with van der Waals surface area (Å²) in [6.07, 6.45) is 0.525. The van der Waals surface area contributed by atoms with Gasteiger partial charge in [-0.2, -0.15) is 15.0 Å². The van der Waals surface area contributed by atoms with Gasteiger partial charge >= 0.3 is 6.01 Å². The van der Waals surface area contributed by atoms with Crippen LogP contribution in [0.4, 0.5) is 11.9 Å². The van der Waals surface area contributed by atoms with Crippen LogP contribution in [0.15, 0.2) is 0 Å². The Labute approximate surface area is 107 Å². The number of anilines is 2. The van der Waals surface area contributed by atoms with Crippen LogP contribution in [0.2, 0.25) is 0 Å². The smallest absolute Gasteiger partial charge is 0.322 e. The molecule has 1 aromatic rings. The lowest BCUT2D eigenvalue weighted by Gasteiger charge is -2.19. The number of likely N-dealkylation sites (N-methyl/N-ethyl adjacent to an activating group) is 1.